The molecule has 5 rings (SSSR count). The Labute approximate surface area is 184 Å². The number of nitrogens with zero attached hydrogens (tertiary/aromatic N) is 5. The van der Waals surface area contributed by atoms with Gasteiger partial charge in [0.05, 0.1) is 17.6 Å². The highest BCUT2D eigenvalue weighted by atomic mass is 16.3. The van der Waals surface area contributed by atoms with E-state index in [1.807, 2.05) is 41.4 Å². The van der Waals surface area contributed by atoms with E-state index in [9.17, 15) is 10.1 Å². The molecule has 0 unspecified atom stereocenters. The van der Waals surface area contributed by atoms with Gasteiger partial charge in [-0.1, -0.05) is 18.2 Å². The first kappa shape index (κ1) is 21.1. The summed E-state index contributed by atoms with van der Waals surface area (Å²) >= 11 is 0. The van der Waals surface area contributed by atoms with Crippen LogP contribution in [0.3, 0.4) is 0 Å². The summed E-state index contributed by atoms with van der Waals surface area (Å²) < 4.78 is 1.77. The van der Waals surface area contributed by atoms with Crippen molar-refractivity contribution in [3.63, 3.8) is 0 Å². The number of aromatic nitrogens is 3. The molecule has 0 radical (unpaired) electrons. The summed E-state index contributed by atoms with van der Waals surface area (Å²) in [5.74, 6) is 0.602. The quantitative estimate of drug-likeness (QED) is 0.608. The molecule has 32 heavy (non-hydrogen) atoms. The number of hydrogen-bond acceptors (Lipinski definition) is 6. The number of carbonyl (C=O) groups is 2. The van der Waals surface area contributed by atoms with Gasteiger partial charge in [0.2, 0.25) is 5.91 Å². The molecule has 0 atom stereocenters. The van der Waals surface area contributed by atoms with Crippen LogP contribution in [0.5, 0.6) is 0 Å². The standard InChI is InChI=1S/C22H20N6O.CH2O2/c23-10-17-20(15-11-25-28(12-15)16-4-2-1-3-5-16)18-13-27(22(29)14-6-7-14)9-8-19(18)26-21(17)24;2-1-3/h1-5,11-12,14H,6-9,13H2,(H2,24,26);1H,(H,2,3). The molecular formula is C23H22N6O3. The Morgan fingerprint density at radius 3 is 2.66 bits per heavy atom. The van der Waals surface area contributed by atoms with Crippen LogP contribution in [0.15, 0.2) is 42.7 Å². The maximum Gasteiger partial charge on any atom is 0.290 e. The maximum absolute atomic E-state index is 12.6. The molecule has 162 valence electrons. The number of fused-ring (bicyclic) bond motifs is 1. The first-order valence-corrected chi connectivity index (χ1v) is 10.3. The number of pyridine rings is 1. The van der Waals surface area contributed by atoms with Crippen molar-refractivity contribution >= 4 is 18.2 Å². The number of rotatable bonds is 3. The topological polar surface area (TPSA) is 138 Å². The zero-order valence-electron chi connectivity index (χ0n) is 17.3. The van der Waals surface area contributed by atoms with Crippen LogP contribution in [0.2, 0.25) is 0 Å². The van der Waals surface area contributed by atoms with Crippen molar-refractivity contribution in [2.24, 2.45) is 5.92 Å². The molecule has 0 bridgehead atoms. The molecule has 2 aliphatic rings. The smallest absolute Gasteiger partial charge is 0.290 e. The highest BCUT2D eigenvalue weighted by Crippen LogP contribution is 2.37. The summed E-state index contributed by atoms with van der Waals surface area (Å²) in [7, 11) is 0. The molecule has 3 heterocycles. The van der Waals surface area contributed by atoms with E-state index in [-0.39, 0.29) is 24.1 Å². The number of para-hydroxylation sites is 1. The molecule has 1 aromatic carbocycles. The Balaban J connectivity index is 0.000000775. The van der Waals surface area contributed by atoms with E-state index >= 15 is 0 Å². The van der Waals surface area contributed by atoms with E-state index in [1.54, 1.807) is 10.9 Å². The van der Waals surface area contributed by atoms with Gasteiger partial charge in [-0.2, -0.15) is 10.4 Å². The molecule has 1 aliphatic carbocycles. The zero-order chi connectivity index (χ0) is 22.7. The van der Waals surface area contributed by atoms with Crippen molar-refractivity contribution in [3.8, 4) is 22.9 Å². The maximum atomic E-state index is 12.6. The Morgan fingerprint density at radius 2 is 2.00 bits per heavy atom. The van der Waals surface area contributed by atoms with Crippen LogP contribution in [0.1, 0.15) is 29.7 Å². The van der Waals surface area contributed by atoms with E-state index in [0.29, 0.717) is 25.1 Å². The predicted molar refractivity (Wildman–Crippen MR) is 116 cm³/mol. The van der Waals surface area contributed by atoms with Crippen LogP contribution >= 0.6 is 0 Å². The van der Waals surface area contributed by atoms with Gasteiger partial charge in [0.25, 0.3) is 6.47 Å². The van der Waals surface area contributed by atoms with E-state index in [4.69, 9.17) is 15.6 Å². The molecule has 9 nitrogen and oxygen atoms in total. The van der Waals surface area contributed by atoms with Gasteiger partial charge < -0.3 is 15.7 Å². The normalized spacial score (nSPS) is 14.5. The number of anilines is 1. The lowest BCUT2D eigenvalue weighted by Gasteiger charge is -2.30. The molecule has 2 aromatic heterocycles. The molecule has 1 aliphatic heterocycles. The van der Waals surface area contributed by atoms with Gasteiger partial charge in [-0.3, -0.25) is 9.59 Å². The fraction of sp³-hybridized carbons (Fsp3) is 0.261. The third-order valence-electron chi connectivity index (χ3n) is 5.62. The van der Waals surface area contributed by atoms with Crippen molar-refractivity contribution in [1.29, 1.82) is 5.26 Å². The van der Waals surface area contributed by atoms with Crippen LogP contribution in [0, 0.1) is 17.2 Å². The highest BCUT2D eigenvalue weighted by Gasteiger charge is 2.36. The van der Waals surface area contributed by atoms with Gasteiger partial charge in [-0.25, -0.2) is 9.67 Å². The summed E-state index contributed by atoms with van der Waals surface area (Å²) in [6.45, 7) is 0.849. The molecule has 9 heteroatoms. The van der Waals surface area contributed by atoms with E-state index < -0.39 is 0 Å². The number of carboxylic acid groups (broad SMARTS) is 1. The fourth-order valence-corrected chi connectivity index (χ4v) is 3.96. The second kappa shape index (κ2) is 8.89. The number of benzene rings is 1. The number of carbonyl (C=O) groups excluding carboxylic acids is 1. The minimum atomic E-state index is -0.250. The van der Waals surface area contributed by atoms with Crippen LogP contribution in [0.25, 0.3) is 16.8 Å². The van der Waals surface area contributed by atoms with Gasteiger partial charge >= 0.3 is 0 Å². The fourth-order valence-electron chi connectivity index (χ4n) is 3.96. The summed E-state index contributed by atoms with van der Waals surface area (Å²) in [5.41, 5.74) is 10.7. The van der Waals surface area contributed by atoms with Gasteiger partial charge in [0.15, 0.2) is 0 Å². The lowest BCUT2D eigenvalue weighted by Crippen LogP contribution is -2.37. The number of nitriles is 1. The van der Waals surface area contributed by atoms with Crippen molar-refractivity contribution < 1.29 is 14.7 Å². The zero-order valence-corrected chi connectivity index (χ0v) is 17.3. The number of amides is 1. The Kier molecular flexibility index (Phi) is 5.85. The Morgan fingerprint density at radius 1 is 1.28 bits per heavy atom. The number of nitrogens with two attached hydrogens (primary N) is 1. The minimum absolute atomic E-state index is 0.165. The SMILES string of the molecule is N#Cc1c(N)nc2c(c1-c1cnn(-c3ccccc3)c1)CN(C(=O)C1CC1)CC2.O=CO. The number of hydrogen-bond donors (Lipinski definition) is 2. The monoisotopic (exact) mass is 430 g/mol. The van der Waals surface area contributed by atoms with E-state index in [0.717, 1.165) is 40.9 Å². The number of nitrogen functional groups attached to an aromatic ring is 1. The third kappa shape index (κ3) is 4.03. The van der Waals surface area contributed by atoms with E-state index in [1.165, 1.54) is 0 Å². The van der Waals surface area contributed by atoms with Crippen molar-refractivity contribution in [2.45, 2.75) is 25.8 Å². The predicted octanol–water partition coefficient (Wildman–Crippen LogP) is 2.38. The summed E-state index contributed by atoms with van der Waals surface area (Å²) in [6.07, 6.45) is 6.23. The molecule has 0 saturated heterocycles. The minimum Gasteiger partial charge on any atom is -0.483 e. The van der Waals surface area contributed by atoms with Gasteiger partial charge in [-0.05, 0) is 25.0 Å². The lowest BCUT2D eigenvalue weighted by molar-refractivity contribution is -0.133. The van der Waals surface area contributed by atoms with Gasteiger partial charge in [-0.15, -0.1) is 0 Å². The van der Waals surface area contributed by atoms with Crippen LogP contribution in [-0.4, -0.2) is 43.7 Å². The molecule has 1 fully saturated rings. The van der Waals surface area contributed by atoms with Crippen molar-refractivity contribution in [2.75, 3.05) is 12.3 Å². The van der Waals surface area contributed by atoms with Crippen LogP contribution < -0.4 is 5.73 Å². The molecule has 1 saturated carbocycles. The second-order valence-electron chi connectivity index (χ2n) is 7.68. The molecule has 1 amide bonds. The van der Waals surface area contributed by atoms with Crippen molar-refractivity contribution in [1.82, 2.24) is 19.7 Å². The lowest BCUT2D eigenvalue weighted by atomic mass is 9.92. The summed E-state index contributed by atoms with van der Waals surface area (Å²) in [6, 6.07) is 12.0. The second-order valence-corrected chi connectivity index (χ2v) is 7.68. The summed E-state index contributed by atoms with van der Waals surface area (Å²) in [4.78, 5) is 27.4. The van der Waals surface area contributed by atoms with Gasteiger partial charge in [0.1, 0.15) is 17.5 Å². The molecular weight excluding hydrogens is 408 g/mol. The Hall–Kier alpha value is -4.19. The Bertz CT molecular complexity index is 1190. The molecule has 0 spiro atoms. The van der Waals surface area contributed by atoms with Crippen LogP contribution in [-0.2, 0) is 22.6 Å². The van der Waals surface area contributed by atoms with Crippen LogP contribution in [0.4, 0.5) is 5.82 Å². The van der Waals surface area contributed by atoms with Crippen molar-refractivity contribution in [3.05, 3.63) is 59.5 Å². The summed E-state index contributed by atoms with van der Waals surface area (Å²) in [5, 5.41) is 21.1. The third-order valence-corrected chi connectivity index (χ3v) is 5.62. The van der Waals surface area contributed by atoms with E-state index in [2.05, 4.69) is 16.2 Å². The molecule has 3 N–H and O–H groups in total. The largest absolute Gasteiger partial charge is 0.483 e. The highest BCUT2D eigenvalue weighted by molar-refractivity contribution is 5.83. The average Bonchev–Trinajstić information content (AvgIpc) is 3.55. The first-order valence-electron chi connectivity index (χ1n) is 10.3. The van der Waals surface area contributed by atoms with Gasteiger partial charge in [0, 0.05) is 48.3 Å². The molecule has 3 aromatic rings. The average molecular weight is 430 g/mol. The first-order chi connectivity index (χ1) is 15.6.